The van der Waals surface area contributed by atoms with Crippen LogP contribution in [0.1, 0.15) is 44.6 Å². The molecular weight excluding hydrogens is 246 g/mol. The van der Waals surface area contributed by atoms with E-state index < -0.39 is 0 Å². The van der Waals surface area contributed by atoms with Gasteiger partial charge in [-0.15, -0.1) is 0 Å². The summed E-state index contributed by atoms with van der Waals surface area (Å²) in [6.07, 6.45) is 6.66. The molecule has 1 saturated carbocycles. The second kappa shape index (κ2) is 6.44. The highest BCUT2D eigenvalue weighted by Crippen LogP contribution is 2.25. The van der Waals surface area contributed by atoms with Crippen molar-refractivity contribution in [3.05, 3.63) is 28.8 Å². The van der Waals surface area contributed by atoms with E-state index >= 15 is 0 Å². The molecule has 1 fully saturated rings. The Morgan fingerprint density at radius 1 is 1.28 bits per heavy atom. The van der Waals surface area contributed by atoms with Crippen molar-refractivity contribution in [2.24, 2.45) is 5.92 Å². The first-order valence-electron chi connectivity index (χ1n) is 6.87. The molecule has 1 aromatic rings. The summed E-state index contributed by atoms with van der Waals surface area (Å²) in [5.41, 5.74) is 1.13. The topological polar surface area (TPSA) is 32.3 Å². The number of phenolic OH excluding ortho intramolecular Hbond substituents is 1. The molecule has 1 aliphatic carbocycles. The van der Waals surface area contributed by atoms with E-state index in [0.717, 1.165) is 18.0 Å². The van der Waals surface area contributed by atoms with Gasteiger partial charge in [0.25, 0.3) is 0 Å². The predicted molar refractivity (Wildman–Crippen MR) is 76.0 cm³/mol. The number of hydrogen-bond donors (Lipinski definition) is 2. The van der Waals surface area contributed by atoms with Crippen molar-refractivity contribution < 1.29 is 5.11 Å². The Labute approximate surface area is 114 Å². The number of phenols is 1. The van der Waals surface area contributed by atoms with Crippen molar-refractivity contribution in [2.75, 3.05) is 0 Å². The molecule has 18 heavy (non-hydrogen) atoms. The molecule has 0 aromatic heterocycles. The number of nitrogens with one attached hydrogen (secondary N) is 1. The van der Waals surface area contributed by atoms with E-state index in [9.17, 15) is 5.11 Å². The number of aromatic hydroxyl groups is 1. The Morgan fingerprint density at radius 3 is 2.83 bits per heavy atom. The predicted octanol–water partition coefficient (Wildman–Crippen LogP) is 4.10. The molecular formula is C15H22ClNO. The van der Waals surface area contributed by atoms with Crippen molar-refractivity contribution in [3.8, 4) is 5.75 Å². The third kappa shape index (κ3) is 3.63. The molecule has 2 N–H and O–H groups in total. The van der Waals surface area contributed by atoms with Crippen LogP contribution >= 0.6 is 11.6 Å². The summed E-state index contributed by atoms with van der Waals surface area (Å²) < 4.78 is 0. The first-order valence-corrected chi connectivity index (χ1v) is 7.25. The summed E-state index contributed by atoms with van der Waals surface area (Å²) in [6, 6.07) is 6.04. The van der Waals surface area contributed by atoms with Gasteiger partial charge < -0.3 is 10.4 Å². The molecule has 0 saturated heterocycles. The average molecular weight is 268 g/mol. The molecule has 2 rings (SSSR count). The average Bonchev–Trinajstić information content (AvgIpc) is 2.56. The minimum absolute atomic E-state index is 0.156. The summed E-state index contributed by atoms with van der Waals surface area (Å²) in [6.45, 7) is 3.17. The molecule has 0 spiro atoms. The Kier molecular flexibility index (Phi) is 4.90. The lowest BCUT2D eigenvalue weighted by Crippen LogP contribution is -2.33. The molecule has 3 heteroatoms. The maximum absolute atomic E-state index is 9.39. The standard InChI is InChI=1S/C15H22ClNO/c1-11-5-3-2-4-6-14(11)17-10-12-7-8-15(18)13(16)9-12/h7-9,11,14,17-18H,2-6,10H2,1H3. The van der Waals surface area contributed by atoms with Gasteiger partial charge in [-0.25, -0.2) is 0 Å². The number of hydrogen-bond acceptors (Lipinski definition) is 2. The highest BCUT2D eigenvalue weighted by atomic mass is 35.5. The molecule has 2 nitrogen and oxygen atoms in total. The Bertz CT molecular complexity index is 394. The lowest BCUT2D eigenvalue weighted by atomic mass is 9.97. The fourth-order valence-corrected chi connectivity index (χ4v) is 2.91. The zero-order chi connectivity index (χ0) is 13.0. The van der Waals surface area contributed by atoms with Crippen LogP contribution in [-0.4, -0.2) is 11.1 Å². The van der Waals surface area contributed by atoms with Gasteiger partial charge in [0.15, 0.2) is 0 Å². The summed E-state index contributed by atoms with van der Waals surface area (Å²) in [5, 5.41) is 13.5. The zero-order valence-corrected chi connectivity index (χ0v) is 11.7. The van der Waals surface area contributed by atoms with Crippen LogP contribution in [0.2, 0.25) is 5.02 Å². The van der Waals surface area contributed by atoms with E-state index in [1.807, 2.05) is 12.1 Å². The van der Waals surface area contributed by atoms with E-state index in [1.165, 1.54) is 32.1 Å². The van der Waals surface area contributed by atoms with E-state index in [2.05, 4.69) is 12.2 Å². The largest absolute Gasteiger partial charge is 0.506 e. The minimum Gasteiger partial charge on any atom is -0.506 e. The number of benzene rings is 1. The Hall–Kier alpha value is -0.730. The van der Waals surface area contributed by atoms with E-state index in [-0.39, 0.29) is 5.75 Å². The van der Waals surface area contributed by atoms with Crippen molar-refractivity contribution in [3.63, 3.8) is 0 Å². The quantitative estimate of drug-likeness (QED) is 0.808. The van der Waals surface area contributed by atoms with E-state index in [4.69, 9.17) is 11.6 Å². The minimum atomic E-state index is 0.156. The van der Waals surface area contributed by atoms with E-state index in [0.29, 0.717) is 11.1 Å². The van der Waals surface area contributed by atoms with Gasteiger partial charge in [-0.05, 0) is 36.5 Å². The van der Waals surface area contributed by atoms with Gasteiger partial charge in [-0.3, -0.25) is 0 Å². The third-order valence-electron chi connectivity index (χ3n) is 3.94. The fourth-order valence-electron chi connectivity index (χ4n) is 2.71. The molecule has 0 heterocycles. The molecule has 0 amide bonds. The van der Waals surface area contributed by atoms with Crippen LogP contribution in [0, 0.1) is 5.92 Å². The molecule has 0 bridgehead atoms. The summed E-state index contributed by atoms with van der Waals surface area (Å²) in [5.74, 6) is 0.906. The first-order chi connectivity index (χ1) is 8.66. The highest BCUT2D eigenvalue weighted by molar-refractivity contribution is 6.32. The van der Waals surface area contributed by atoms with Gasteiger partial charge in [-0.1, -0.05) is 43.9 Å². The van der Waals surface area contributed by atoms with Crippen LogP contribution in [0.25, 0.3) is 0 Å². The Morgan fingerprint density at radius 2 is 2.06 bits per heavy atom. The lowest BCUT2D eigenvalue weighted by molar-refractivity contribution is 0.356. The third-order valence-corrected chi connectivity index (χ3v) is 4.24. The molecule has 0 aliphatic heterocycles. The van der Waals surface area contributed by atoms with Gasteiger partial charge >= 0.3 is 0 Å². The highest BCUT2D eigenvalue weighted by Gasteiger charge is 2.19. The van der Waals surface area contributed by atoms with Crippen molar-refractivity contribution in [1.82, 2.24) is 5.32 Å². The van der Waals surface area contributed by atoms with Crippen molar-refractivity contribution >= 4 is 11.6 Å². The maximum atomic E-state index is 9.39. The molecule has 2 atom stereocenters. The van der Waals surface area contributed by atoms with Crippen LogP contribution < -0.4 is 5.32 Å². The number of rotatable bonds is 3. The van der Waals surface area contributed by atoms with Gasteiger partial charge in [0.05, 0.1) is 5.02 Å². The maximum Gasteiger partial charge on any atom is 0.134 e. The summed E-state index contributed by atoms with van der Waals surface area (Å²) in [4.78, 5) is 0. The van der Waals surface area contributed by atoms with Crippen molar-refractivity contribution in [1.29, 1.82) is 0 Å². The number of halogens is 1. The van der Waals surface area contributed by atoms with E-state index in [1.54, 1.807) is 6.07 Å². The van der Waals surface area contributed by atoms with Crippen LogP contribution in [0.3, 0.4) is 0 Å². The van der Waals surface area contributed by atoms with Crippen LogP contribution in [-0.2, 0) is 6.54 Å². The smallest absolute Gasteiger partial charge is 0.134 e. The first kappa shape index (κ1) is 13.7. The molecule has 2 unspecified atom stereocenters. The summed E-state index contributed by atoms with van der Waals surface area (Å²) in [7, 11) is 0. The van der Waals surface area contributed by atoms with Gasteiger partial charge in [0, 0.05) is 12.6 Å². The van der Waals surface area contributed by atoms with Gasteiger partial charge in [0.1, 0.15) is 5.75 Å². The van der Waals surface area contributed by atoms with Gasteiger partial charge in [0.2, 0.25) is 0 Å². The fraction of sp³-hybridized carbons (Fsp3) is 0.600. The molecule has 0 radical (unpaired) electrons. The second-order valence-electron chi connectivity index (χ2n) is 5.39. The van der Waals surface area contributed by atoms with Crippen LogP contribution in [0.5, 0.6) is 5.75 Å². The van der Waals surface area contributed by atoms with Crippen LogP contribution in [0.4, 0.5) is 0 Å². The zero-order valence-electron chi connectivity index (χ0n) is 11.0. The van der Waals surface area contributed by atoms with Crippen molar-refractivity contribution in [2.45, 2.75) is 51.6 Å². The lowest BCUT2D eigenvalue weighted by Gasteiger charge is -2.23. The Balaban J connectivity index is 1.91. The summed E-state index contributed by atoms with van der Waals surface area (Å²) >= 11 is 5.91. The van der Waals surface area contributed by atoms with Gasteiger partial charge in [-0.2, -0.15) is 0 Å². The molecule has 1 aliphatic rings. The molecule has 1 aromatic carbocycles. The monoisotopic (exact) mass is 267 g/mol. The molecule has 100 valence electrons. The second-order valence-corrected chi connectivity index (χ2v) is 5.80. The van der Waals surface area contributed by atoms with Crippen LogP contribution in [0.15, 0.2) is 18.2 Å². The SMILES string of the molecule is CC1CCCCCC1NCc1ccc(O)c(Cl)c1. The normalized spacial score (nSPS) is 24.8.